The molecular formula is C11H17NO. The Hall–Kier alpha value is -1.02. The predicted octanol–water partition coefficient (Wildman–Crippen LogP) is 2.31. The Morgan fingerprint density at radius 3 is 2.31 bits per heavy atom. The van der Waals surface area contributed by atoms with Gasteiger partial charge in [-0.1, -0.05) is 32.0 Å². The molecule has 2 nitrogen and oxygen atoms in total. The number of rotatable bonds is 3. The summed E-state index contributed by atoms with van der Waals surface area (Å²) in [5.41, 5.74) is 0.972. The van der Waals surface area contributed by atoms with Gasteiger partial charge in [-0.05, 0) is 19.0 Å². The van der Waals surface area contributed by atoms with Crippen molar-refractivity contribution in [3.05, 3.63) is 29.8 Å². The van der Waals surface area contributed by atoms with Crippen LogP contribution >= 0.6 is 0 Å². The lowest BCUT2D eigenvalue weighted by atomic mass is 9.95. The van der Waals surface area contributed by atoms with E-state index in [1.54, 1.807) is 6.07 Å². The van der Waals surface area contributed by atoms with Crippen molar-refractivity contribution in [2.24, 2.45) is 5.92 Å². The molecule has 13 heavy (non-hydrogen) atoms. The van der Waals surface area contributed by atoms with Gasteiger partial charge < -0.3 is 10.4 Å². The third-order valence-corrected chi connectivity index (χ3v) is 2.25. The zero-order valence-electron chi connectivity index (χ0n) is 8.41. The molecule has 0 fully saturated rings. The van der Waals surface area contributed by atoms with Crippen LogP contribution in [0.4, 0.5) is 0 Å². The van der Waals surface area contributed by atoms with Gasteiger partial charge in [-0.15, -0.1) is 0 Å². The molecule has 1 aromatic carbocycles. The monoisotopic (exact) mass is 179 g/mol. The molecule has 0 amide bonds. The second kappa shape index (κ2) is 4.28. The van der Waals surface area contributed by atoms with Crippen LogP contribution < -0.4 is 5.32 Å². The zero-order valence-corrected chi connectivity index (χ0v) is 8.41. The third-order valence-electron chi connectivity index (χ3n) is 2.25. The summed E-state index contributed by atoms with van der Waals surface area (Å²) >= 11 is 0. The maximum absolute atomic E-state index is 9.62. The highest BCUT2D eigenvalue weighted by Gasteiger charge is 2.15. The normalized spacial score (nSPS) is 13.2. The first-order valence-corrected chi connectivity index (χ1v) is 4.62. The van der Waals surface area contributed by atoms with Crippen LogP contribution in [-0.2, 0) is 0 Å². The van der Waals surface area contributed by atoms with Gasteiger partial charge in [0.2, 0.25) is 0 Å². The van der Waals surface area contributed by atoms with Crippen LogP contribution in [0.25, 0.3) is 0 Å². The lowest BCUT2D eigenvalue weighted by molar-refractivity contribution is 0.407. The molecule has 0 saturated heterocycles. The molecule has 0 heterocycles. The summed E-state index contributed by atoms with van der Waals surface area (Å²) in [7, 11) is 1.91. The van der Waals surface area contributed by atoms with E-state index in [9.17, 15) is 5.11 Å². The molecule has 2 heteroatoms. The van der Waals surface area contributed by atoms with Gasteiger partial charge in [-0.3, -0.25) is 0 Å². The molecular weight excluding hydrogens is 162 g/mol. The summed E-state index contributed by atoms with van der Waals surface area (Å²) in [6.07, 6.45) is 0. The van der Waals surface area contributed by atoms with Gasteiger partial charge in [0.1, 0.15) is 5.75 Å². The van der Waals surface area contributed by atoms with Gasteiger partial charge in [0.25, 0.3) is 0 Å². The summed E-state index contributed by atoms with van der Waals surface area (Å²) in [5.74, 6) is 0.842. The molecule has 0 spiro atoms. The fourth-order valence-electron chi connectivity index (χ4n) is 1.60. The fraction of sp³-hybridized carbons (Fsp3) is 0.455. The van der Waals surface area contributed by atoms with Crippen molar-refractivity contribution in [3.8, 4) is 5.75 Å². The van der Waals surface area contributed by atoms with Crippen LogP contribution in [0.15, 0.2) is 24.3 Å². The van der Waals surface area contributed by atoms with Gasteiger partial charge in [0.05, 0.1) is 0 Å². The first-order chi connectivity index (χ1) is 6.16. The second-order valence-electron chi connectivity index (χ2n) is 3.57. The maximum Gasteiger partial charge on any atom is 0.120 e. The van der Waals surface area contributed by atoms with Crippen LogP contribution in [-0.4, -0.2) is 12.2 Å². The first kappa shape index (κ1) is 10.1. The molecule has 1 rings (SSSR count). The number of aromatic hydroxyl groups is 1. The summed E-state index contributed by atoms with van der Waals surface area (Å²) < 4.78 is 0. The van der Waals surface area contributed by atoms with E-state index in [0.29, 0.717) is 11.7 Å². The van der Waals surface area contributed by atoms with E-state index in [1.807, 2.05) is 25.2 Å². The topological polar surface area (TPSA) is 32.3 Å². The minimum absolute atomic E-state index is 0.223. The van der Waals surface area contributed by atoms with E-state index >= 15 is 0 Å². The number of benzene rings is 1. The molecule has 1 atom stereocenters. The molecule has 2 N–H and O–H groups in total. The van der Waals surface area contributed by atoms with E-state index < -0.39 is 0 Å². The lowest BCUT2D eigenvalue weighted by Gasteiger charge is -2.21. The lowest BCUT2D eigenvalue weighted by Crippen LogP contribution is -2.21. The smallest absolute Gasteiger partial charge is 0.120 e. The largest absolute Gasteiger partial charge is 0.508 e. The van der Waals surface area contributed by atoms with Gasteiger partial charge in [-0.2, -0.15) is 0 Å². The van der Waals surface area contributed by atoms with Gasteiger partial charge in [0.15, 0.2) is 0 Å². The van der Waals surface area contributed by atoms with Gasteiger partial charge in [0, 0.05) is 11.6 Å². The Morgan fingerprint density at radius 1 is 1.23 bits per heavy atom. The van der Waals surface area contributed by atoms with Gasteiger partial charge >= 0.3 is 0 Å². The minimum Gasteiger partial charge on any atom is -0.508 e. The Labute approximate surface area is 79.6 Å². The Balaban J connectivity index is 2.97. The van der Waals surface area contributed by atoms with E-state index in [2.05, 4.69) is 19.2 Å². The standard InChI is InChI=1S/C11H17NO/c1-8(2)11(12-3)9-6-4-5-7-10(9)13/h4-8,11-13H,1-3H3. The van der Waals surface area contributed by atoms with E-state index in [1.165, 1.54) is 0 Å². The highest BCUT2D eigenvalue weighted by molar-refractivity contribution is 5.34. The van der Waals surface area contributed by atoms with E-state index in [-0.39, 0.29) is 6.04 Å². The summed E-state index contributed by atoms with van der Waals surface area (Å²) in [4.78, 5) is 0. The number of phenols is 1. The molecule has 0 aromatic heterocycles. The van der Waals surface area contributed by atoms with Crippen molar-refractivity contribution in [2.75, 3.05) is 7.05 Å². The number of nitrogens with one attached hydrogen (secondary N) is 1. The molecule has 1 unspecified atom stereocenters. The Morgan fingerprint density at radius 2 is 1.85 bits per heavy atom. The molecule has 0 radical (unpaired) electrons. The van der Waals surface area contributed by atoms with Crippen LogP contribution in [0.3, 0.4) is 0 Å². The van der Waals surface area contributed by atoms with Crippen LogP contribution in [0.5, 0.6) is 5.75 Å². The quantitative estimate of drug-likeness (QED) is 0.746. The second-order valence-corrected chi connectivity index (χ2v) is 3.57. The van der Waals surface area contributed by atoms with Crippen LogP contribution in [0, 0.1) is 5.92 Å². The first-order valence-electron chi connectivity index (χ1n) is 4.62. The Bertz CT molecular complexity index is 271. The molecule has 0 aliphatic heterocycles. The van der Waals surface area contributed by atoms with E-state index in [4.69, 9.17) is 0 Å². The highest BCUT2D eigenvalue weighted by atomic mass is 16.3. The van der Waals surface area contributed by atoms with Crippen molar-refractivity contribution >= 4 is 0 Å². The van der Waals surface area contributed by atoms with Gasteiger partial charge in [-0.25, -0.2) is 0 Å². The number of hydrogen-bond acceptors (Lipinski definition) is 2. The molecule has 0 bridgehead atoms. The molecule has 1 aromatic rings. The summed E-state index contributed by atoms with van der Waals surface area (Å²) in [6.45, 7) is 4.27. The SMILES string of the molecule is CNC(c1ccccc1O)C(C)C. The molecule has 0 aliphatic carbocycles. The van der Waals surface area contributed by atoms with Crippen LogP contribution in [0.1, 0.15) is 25.5 Å². The van der Waals surface area contributed by atoms with E-state index in [0.717, 1.165) is 5.56 Å². The third kappa shape index (κ3) is 2.22. The summed E-state index contributed by atoms with van der Waals surface area (Å²) in [6, 6.07) is 7.69. The average molecular weight is 179 g/mol. The molecule has 72 valence electrons. The summed E-state index contributed by atoms with van der Waals surface area (Å²) in [5, 5.41) is 12.8. The molecule has 0 saturated carbocycles. The highest BCUT2D eigenvalue weighted by Crippen LogP contribution is 2.28. The van der Waals surface area contributed by atoms with Crippen molar-refractivity contribution in [3.63, 3.8) is 0 Å². The predicted molar refractivity (Wildman–Crippen MR) is 54.7 cm³/mol. The molecule has 0 aliphatic rings. The maximum atomic E-state index is 9.62. The van der Waals surface area contributed by atoms with Crippen LogP contribution in [0.2, 0.25) is 0 Å². The fourth-order valence-corrected chi connectivity index (χ4v) is 1.60. The Kier molecular flexibility index (Phi) is 3.32. The number of hydrogen-bond donors (Lipinski definition) is 2. The van der Waals surface area contributed by atoms with Crippen molar-refractivity contribution in [1.29, 1.82) is 0 Å². The zero-order chi connectivity index (χ0) is 9.84. The van der Waals surface area contributed by atoms with Crippen molar-refractivity contribution < 1.29 is 5.11 Å². The minimum atomic E-state index is 0.223. The van der Waals surface area contributed by atoms with Crippen molar-refractivity contribution in [2.45, 2.75) is 19.9 Å². The number of para-hydroxylation sites is 1. The number of phenolic OH excluding ortho intramolecular Hbond substituents is 1. The van der Waals surface area contributed by atoms with Crippen molar-refractivity contribution in [1.82, 2.24) is 5.32 Å². The average Bonchev–Trinajstić information content (AvgIpc) is 2.09.